The lowest BCUT2D eigenvalue weighted by molar-refractivity contribution is -0.153. The maximum Gasteiger partial charge on any atom is 0.345 e. The molecule has 1 aromatic rings. The molecule has 0 fully saturated rings. The van der Waals surface area contributed by atoms with Gasteiger partial charge in [-0.2, -0.15) is 0 Å². The van der Waals surface area contributed by atoms with Crippen molar-refractivity contribution in [1.82, 2.24) is 0 Å². The Balaban J connectivity index is 1.92. The molecule has 2 rings (SSSR count). The maximum absolute atomic E-state index is 12.1. The zero-order valence-electron chi connectivity index (χ0n) is 18.8. The van der Waals surface area contributed by atoms with Gasteiger partial charge < -0.3 is 14.6 Å². The minimum absolute atomic E-state index is 0.264. The van der Waals surface area contributed by atoms with Gasteiger partial charge in [0.1, 0.15) is 11.5 Å². The van der Waals surface area contributed by atoms with Gasteiger partial charge in [0.25, 0.3) is 0 Å². The predicted molar refractivity (Wildman–Crippen MR) is 118 cm³/mol. The van der Waals surface area contributed by atoms with Crippen molar-refractivity contribution in [1.29, 1.82) is 0 Å². The van der Waals surface area contributed by atoms with Crippen LogP contribution in [0.1, 0.15) is 91.0 Å². The second kappa shape index (κ2) is 11.5. The minimum Gasteiger partial charge on any atom is -0.493 e. The quantitative estimate of drug-likeness (QED) is 0.374. The van der Waals surface area contributed by atoms with Crippen molar-refractivity contribution in [2.45, 2.75) is 98.0 Å². The van der Waals surface area contributed by atoms with Gasteiger partial charge in [-0.3, -0.25) is 0 Å². The highest BCUT2D eigenvalue weighted by atomic mass is 16.5. The highest BCUT2D eigenvalue weighted by Crippen LogP contribution is 2.38. The molecule has 0 amide bonds. The topological polar surface area (TPSA) is 55.8 Å². The van der Waals surface area contributed by atoms with Gasteiger partial charge in [0, 0.05) is 5.41 Å². The number of hydrogen-bond donors (Lipinski definition) is 1. The first-order valence-electron chi connectivity index (χ1n) is 11.5. The Labute approximate surface area is 177 Å². The molecule has 0 aromatic heterocycles. The van der Waals surface area contributed by atoms with Crippen LogP contribution in [-0.4, -0.2) is 23.8 Å². The van der Waals surface area contributed by atoms with Crippen molar-refractivity contribution in [3.8, 4) is 11.5 Å². The summed E-state index contributed by atoms with van der Waals surface area (Å²) in [4.78, 5) is 12.1. The van der Waals surface area contributed by atoms with Gasteiger partial charge in [0.2, 0.25) is 6.10 Å². The van der Waals surface area contributed by atoms with E-state index >= 15 is 0 Å². The summed E-state index contributed by atoms with van der Waals surface area (Å²) in [7, 11) is 0. The fraction of sp³-hybridized carbons (Fsp3) is 0.720. The summed E-state index contributed by atoms with van der Waals surface area (Å²) in [6, 6.07) is 5.68. The number of carbonyl (C=O) groups is 1. The molecule has 2 unspecified atom stereocenters. The van der Waals surface area contributed by atoms with Gasteiger partial charge in [0.15, 0.2) is 0 Å². The van der Waals surface area contributed by atoms with Crippen LogP contribution in [-0.2, 0) is 11.2 Å². The first-order chi connectivity index (χ1) is 13.9. The Morgan fingerprint density at radius 2 is 1.86 bits per heavy atom. The largest absolute Gasteiger partial charge is 0.493 e. The first-order valence-corrected chi connectivity index (χ1v) is 11.5. The lowest BCUT2D eigenvalue weighted by Gasteiger charge is -2.37. The van der Waals surface area contributed by atoms with E-state index in [0.29, 0.717) is 5.75 Å². The summed E-state index contributed by atoms with van der Waals surface area (Å²) in [5.41, 5.74) is 0.646. The monoisotopic (exact) mass is 404 g/mol. The molecule has 0 saturated carbocycles. The van der Waals surface area contributed by atoms with E-state index in [4.69, 9.17) is 9.47 Å². The molecule has 1 N–H and O–H groups in total. The van der Waals surface area contributed by atoms with Crippen LogP contribution >= 0.6 is 0 Å². The van der Waals surface area contributed by atoms with Gasteiger partial charge >= 0.3 is 5.97 Å². The van der Waals surface area contributed by atoms with Gasteiger partial charge in [0.05, 0.1) is 6.61 Å². The normalized spacial score (nSPS) is 15.9. The molecule has 0 radical (unpaired) electrons. The number of rotatable bonds is 13. The fourth-order valence-corrected chi connectivity index (χ4v) is 4.10. The first kappa shape index (κ1) is 23.6. The predicted octanol–water partition coefficient (Wildman–Crippen LogP) is 6.65. The summed E-state index contributed by atoms with van der Waals surface area (Å²) >= 11 is 0. The number of aliphatic carboxylic acids is 1. The highest BCUT2D eigenvalue weighted by molar-refractivity contribution is 5.74. The van der Waals surface area contributed by atoms with Crippen molar-refractivity contribution in [2.24, 2.45) is 11.3 Å². The fourth-order valence-electron chi connectivity index (χ4n) is 4.10. The molecule has 4 nitrogen and oxygen atoms in total. The van der Waals surface area contributed by atoms with E-state index in [2.05, 4.69) is 13.8 Å². The lowest BCUT2D eigenvalue weighted by Crippen LogP contribution is -2.45. The van der Waals surface area contributed by atoms with E-state index in [1.165, 1.54) is 38.5 Å². The van der Waals surface area contributed by atoms with E-state index in [-0.39, 0.29) is 5.92 Å². The van der Waals surface area contributed by atoms with Gasteiger partial charge in [-0.25, -0.2) is 4.79 Å². The zero-order valence-corrected chi connectivity index (χ0v) is 18.8. The number of carboxylic acids is 1. The molecule has 0 spiro atoms. The summed E-state index contributed by atoms with van der Waals surface area (Å²) in [6.45, 7) is 9.20. The number of unbranched alkanes of at least 4 members (excludes halogenated alkanes) is 6. The molecule has 1 aliphatic rings. The number of aryl methyl sites for hydroxylation is 1. The third-order valence-electron chi connectivity index (χ3n) is 6.54. The summed E-state index contributed by atoms with van der Waals surface area (Å²) in [6.07, 6.45) is 11.0. The SMILES string of the molecule is CCCCCCCCCC(C)C(C)(C)C(Oc1ccc2c(c1)CCCO2)C(=O)O. The molecule has 1 aromatic carbocycles. The number of benzene rings is 1. The molecule has 0 saturated heterocycles. The van der Waals surface area contributed by atoms with Crippen molar-refractivity contribution in [3.05, 3.63) is 23.8 Å². The Bertz CT molecular complexity index is 638. The number of hydrogen-bond acceptors (Lipinski definition) is 3. The lowest BCUT2D eigenvalue weighted by atomic mass is 9.73. The summed E-state index contributed by atoms with van der Waals surface area (Å²) < 4.78 is 11.7. The van der Waals surface area contributed by atoms with Crippen LogP contribution in [0.15, 0.2) is 18.2 Å². The molecule has 0 bridgehead atoms. The van der Waals surface area contributed by atoms with Crippen LogP contribution < -0.4 is 9.47 Å². The molecule has 0 aliphatic carbocycles. The van der Waals surface area contributed by atoms with Crippen molar-refractivity contribution in [3.63, 3.8) is 0 Å². The Morgan fingerprint density at radius 1 is 1.17 bits per heavy atom. The molecule has 29 heavy (non-hydrogen) atoms. The number of ether oxygens (including phenoxy) is 2. The Kier molecular flexibility index (Phi) is 9.32. The minimum atomic E-state index is -0.893. The second-order valence-electron chi connectivity index (χ2n) is 9.19. The zero-order chi connectivity index (χ0) is 21.3. The van der Waals surface area contributed by atoms with Crippen LogP contribution in [0.3, 0.4) is 0 Å². The van der Waals surface area contributed by atoms with Crippen LogP contribution in [0.2, 0.25) is 0 Å². The third-order valence-corrected chi connectivity index (χ3v) is 6.54. The molecule has 1 heterocycles. The van der Waals surface area contributed by atoms with E-state index < -0.39 is 17.5 Å². The third kappa shape index (κ3) is 6.94. The van der Waals surface area contributed by atoms with Crippen molar-refractivity contribution < 1.29 is 19.4 Å². The second-order valence-corrected chi connectivity index (χ2v) is 9.19. The smallest absolute Gasteiger partial charge is 0.345 e. The van der Waals surface area contributed by atoms with Crippen molar-refractivity contribution in [2.75, 3.05) is 6.61 Å². The molecule has 164 valence electrons. The van der Waals surface area contributed by atoms with E-state index in [1.54, 1.807) is 0 Å². The maximum atomic E-state index is 12.1. The average molecular weight is 405 g/mol. The van der Waals surface area contributed by atoms with E-state index in [1.807, 2.05) is 32.0 Å². The van der Waals surface area contributed by atoms with Crippen LogP contribution in [0, 0.1) is 11.3 Å². The number of fused-ring (bicyclic) bond motifs is 1. The number of carboxylic acid groups (broad SMARTS) is 1. The van der Waals surface area contributed by atoms with Crippen LogP contribution in [0.4, 0.5) is 0 Å². The summed E-state index contributed by atoms with van der Waals surface area (Å²) in [5, 5.41) is 9.90. The van der Waals surface area contributed by atoms with Crippen LogP contribution in [0.25, 0.3) is 0 Å². The molecule has 4 heteroatoms. The van der Waals surface area contributed by atoms with Gasteiger partial charge in [-0.05, 0) is 42.5 Å². The molecular weight excluding hydrogens is 364 g/mol. The molecular formula is C25H40O4. The standard InChI is InChI=1S/C25H40O4/c1-5-6-7-8-9-10-11-13-19(2)25(3,4)23(24(26)27)29-21-15-16-22-20(18-21)14-12-17-28-22/h15-16,18-19,23H,5-14,17H2,1-4H3,(H,26,27). The van der Waals surface area contributed by atoms with Gasteiger partial charge in [-0.15, -0.1) is 0 Å². The Hall–Kier alpha value is -1.71. The Morgan fingerprint density at radius 3 is 2.55 bits per heavy atom. The van der Waals surface area contributed by atoms with E-state index in [9.17, 15) is 9.90 Å². The van der Waals surface area contributed by atoms with E-state index in [0.717, 1.165) is 43.6 Å². The van der Waals surface area contributed by atoms with Gasteiger partial charge in [-0.1, -0.05) is 79.1 Å². The molecule has 1 aliphatic heterocycles. The summed E-state index contributed by atoms with van der Waals surface area (Å²) in [5.74, 6) is 0.885. The average Bonchev–Trinajstić information content (AvgIpc) is 2.70. The van der Waals surface area contributed by atoms with Crippen molar-refractivity contribution >= 4 is 5.97 Å². The highest BCUT2D eigenvalue weighted by Gasteiger charge is 2.41. The van der Waals surface area contributed by atoms with Crippen LogP contribution in [0.5, 0.6) is 11.5 Å². The molecule has 2 atom stereocenters.